The van der Waals surface area contributed by atoms with Gasteiger partial charge in [-0.05, 0) is 56.2 Å². The molecule has 0 radical (unpaired) electrons. The van der Waals surface area contributed by atoms with Gasteiger partial charge in [0.25, 0.3) is 0 Å². The van der Waals surface area contributed by atoms with Crippen molar-refractivity contribution >= 4 is 45.2 Å². The average molecular weight is 457 g/mol. The van der Waals surface area contributed by atoms with E-state index in [1.807, 2.05) is 24.3 Å². The normalized spacial score (nSPS) is 11.1. The Bertz CT molecular complexity index is 1340. The fraction of sp³-hybridized carbons (Fsp3) is 0.296. The van der Waals surface area contributed by atoms with Crippen LogP contribution in [-0.4, -0.2) is 21.2 Å². The molecule has 0 aliphatic heterocycles. The van der Waals surface area contributed by atoms with Gasteiger partial charge in [0, 0.05) is 51.9 Å². The van der Waals surface area contributed by atoms with Crippen molar-refractivity contribution in [3.8, 4) is 6.07 Å². The second-order valence-corrected chi connectivity index (χ2v) is 9.09. The molecule has 33 heavy (non-hydrogen) atoms. The summed E-state index contributed by atoms with van der Waals surface area (Å²) < 4.78 is 2.29. The summed E-state index contributed by atoms with van der Waals surface area (Å²) in [7, 11) is 0. The summed E-state index contributed by atoms with van der Waals surface area (Å²) in [6.07, 6.45) is 3.44. The van der Waals surface area contributed by atoms with Gasteiger partial charge < -0.3 is 9.88 Å². The van der Waals surface area contributed by atoms with E-state index >= 15 is 0 Å². The molecule has 168 valence electrons. The minimum absolute atomic E-state index is 0.0401. The molecule has 0 spiro atoms. The van der Waals surface area contributed by atoms with Crippen LogP contribution in [0, 0.1) is 11.3 Å². The number of aromatic nitrogens is 2. The number of rotatable bonds is 9. The van der Waals surface area contributed by atoms with Crippen LogP contribution in [0.1, 0.15) is 44.4 Å². The monoisotopic (exact) mass is 456 g/mol. The maximum atomic E-state index is 12.6. The first-order valence-electron chi connectivity index (χ1n) is 11.5. The smallest absolute Gasteiger partial charge is 0.225 e. The Kier molecular flexibility index (Phi) is 7.31. The molecule has 2 aromatic heterocycles. The van der Waals surface area contributed by atoms with Crippen molar-refractivity contribution in [1.82, 2.24) is 9.55 Å². The SMILES string of the molecule is CCCCc1ccc(C#N)c(SCCC(=O)Nc2ccc3c(c2)c2ccccc2n3CC)n1. The zero-order valence-corrected chi connectivity index (χ0v) is 19.9. The van der Waals surface area contributed by atoms with Crippen molar-refractivity contribution < 1.29 is 4.79 Å². The van der Waals surface area contributed by atoms with Crippen LogP contribution in [0.15, 0.2) is 59.6 Å². The first-order valence-corrected chi connectivity index (χ1v) is 12.5. The Morgan fingerprint density at radius 1 is 1.09 bits per heavy atom. The number of nitriles is 1. The Morgan fingerprint density at radius 2 is 1.91 bits per heavy atom. The number of pyridine rings is 1. The third-order valence-electron chi connectivity index (χ3n) is 5.77. The summed E-state index contributed by atoms with van der Waals surface area (Å²) >= 11 is 1.47. The molecular weight excluding hydrogens is 428 g/mol. The topological polar surface area (TPSA) is 70.7 Å². The van der Waals surface area contributed by atoms with E-state index in [-0.39, 0.29) is 5.91 Å². The number of carbonyl (C=O) groups is 1. The number of para-hydroxylation sites is 1. The molecule has 0 aliphatic rings. The lowest BCUT2D eigenvalue weighted by Crippen LogP contribution is -2.12. The van der Waals surface area contributed by atoms with E-state index in [4.69, 9.17) is 0 Å². The van der Waals surface area contributed by atoms with Gasteiger partial charge in [-0.2, -0.15) is 5.26 Å². The number of carbonyl (C=O) groups excluding carboxylic acids is 1. The van der Waals surface area contributed by atoms with E-state index in [0.29, 0.717) is 22.8 Å². The number of fused-ring (bicyclic) bond motifs is 3. The number of amides is 1. The van der Waals surface area contributed by atoms with Crippen molar-refractivity contribution in [3.63, 3.8) is 0 Å². The van der Waals surface area contributed by atoms with Crippen molar-refractivity contribution in [2.24, 2.45) is 0 Å². The molecule has 0 bridgehead atoms. The predicted molar refractivity (Wildman–Crippen MR) is 137 cm³/mol. The standard InChI is InChI=1S/C27H28N4OS/c1-3-5-8-20-12-11-19(18-28)27(30-20)33-16-15-26(32)29-21-13-14-25-23(17-21)22-9-6-7-10-24(22)31(25)4-2/h6-7,9-14,17H,3-5,8,15-16H2,1-2H3,(H,29,32). The van der Waals surface area contributed by atoms with E-state index in [1.165, 1.54) is 28.2 Å². The lowest BCUT2D eigenvalue weighted by Gasteiger charge is -2.08. The van der Waals surface area contributed by atoms with Gasteiger partial charge in [0.05, 0.1) is 5.56 Å². The quantitative estimate of drug-likeness (QED) is 0.290. The molecule has 1 N–H and O–H groups in total. The van der Waals surface area contributed by atoms with Crippen LogP contribution < -0.4 is 5.32 Å². The minimum atomic E-state index is -0.0401. The van der Waals surface area contributed by atoms with Gasteiger partial charge in [0.2, 0.25) is 5.91 Å². The van der Waals surface area contributed by atoms with Gasteiger partial charge in [-0.25, -0.2) is 4.98 Å². The second-order valence-electron chi connectivity index (χ2n) is 8.01. The van der Waals surface area contributed by atoms with Gasteiger partial charge in [0.1, 0.15) is 11.1 Å². The molecule has 2 aromatic carbocycles. The summed E-state index contributed by atoms with van der Waals surface area (Å²) in [4.78, 5) is 17.3. The van der Waals surface area contributed by atoms with E-state index in [0.717, 1.165) is 42.6 Å². The lowest BCUT2D eigenvalue weighted by molar-refractivity contribution is -0.115. The lowest BCUT2D eigenvalue weighted by atomic mass is 10.1. The van der Waals surface area contributed by atoms with Crippen LogP contribution in [0.2, 0.25) is 0 Å². The molecule has 0 atom stereocenters. The molecule has 5 nitrogen and oxygen atoms in total. The first kappa shape index (κ1) is 22.9. The number of nitrogens with zero attached hydrogens (tertiary/aromatic N) is 3. The molecule has 2 heterocycles. The predicted octanol–water partition coefficient (Wildman–Crippen LogP) is 6.54. The number of unbranched alkanes of at least 4 members (excludes halogenated alkanes) is 1. The highest BCUT2D eigenvalue weighted by Gasteiger charge is 2.12. The summed E-state index contributed by atoms with van der Waals surface area (Å²) in [6, 6.07) is 20.4. The van der Waals surface area contributed by atoms with E-state index < -0.39 is 0 Å². The number of aryl methyl sites for hydroxylation is 2. The van der Waals surface area contributed by atoms with Crippen LogP contribution in [0.4, 0.5) is 5.69 Å². The van der Waals surface area contributed by atoms with Crippen molar-refractivity contribution in [3.05, 3.63) is 65.9 Å². The van der Waals surface area contributed by atoms with Gasteiger partial charge >= 0.3 is 0 Å². The van der Waals surface area contributed by atoms with Crippen LogP contribution in [-0.2, 0) is 17.8 Å². The van der Waals surface area contributed by atoms with E-state index in [2.05, 4.69) is 65.1 Å². The van der Waals surface area contributed by atoms with Crippen LogP contribution in [0.25, 0.3) is 21.8 Å². The van der Waals surface area contributed by atoms with Gasteiger partial charge in [-0.1, -0.05) is 31.5 Å². The molecule has 0 unspecified atom stereocenters. The molecular formula is C27H28N4OS. The zero-order chi connectivity index (χ0) is 23.2. The molecule has 0 aliphatic carbocycles. The first-order chi connectivity index (χ1) is 16.1. The van der Waals surface area contributed by atoms with Gasteiger partial charge in [-0.15, -0.1) is 11.8 Å². The fourth-order valence-electron chi connectivity index (χ4n) is 4.11. The Labute approximate surface area is 198 Å². The second kappa shape index (κ2) is 10.5. The van der Waals surface area contributed by atoms with Crippen molar-refractivity contribution in [1.29, 1.82) is 5.26 Å². The third-order valence-corrected chi connectivity index (χ3v) is 6.76. The van der Waals surface area contributed by atoms with Gasteiger partial charge in [-0.3, -0.25) is 4.79 Å². The summed E-state index contributed by atoms with van der Waals surface area (Å²) in [5.74, 6) is 0.531. The highest BCUT2D eigenvalue weighted by molar-refractivity contribution is 7.99. The fourth-order valence-corrected chi connectivity index (χ4v) is 5.04. The van der Waals surface area contributed by atoms with Crippen LogP contribution in [0.5, 0.6) is 0 Å². The summed E-state index contributed by atoms with van der Waals surface area (Å²) in [5.41, 5.74) is 4.75. The van der Waals surface area contributed by atoms with E-state index in [9.17, 15) is 10.1 Å². The summed E-state index contributed by atoms with van der Waals surface area (Å²) in [5, 5.41) is 15.5. The van der Waals surface area contributed by atoms with E-state index in [1.54, 1.807) is 0 Å². The summed E-state index contributed by atoms with van der Waals surface area (Å²) in [6.45, 7) is 5.19. The maximum absolute atomic E-state index is 12.6. The van der Waals surface area contributed by atoms with Crippen LogP contribution >= 0.6 is 11.8 Å². The number of benzene rings is 2. The Morgan fingerprint density at radius 3 is 2.70 bits per heavy atom. The van der Waals surface area contributed by atoms with Crippen molar-refractivity contribution in [2.75, 3.05) is 11.1 Å². The number of hydrogen-bond donors (Lipinski definition) is 1. The molecule has 0 fully saturated rings. The number of anilines is 1. The third kappa shape index (κ3) is 5.04. The Hall–Kier alpha value is -3.30. The minimum Gasteiger partial charge on any atom is -0.341 e. The Balaban J connectivity index is 1.42. The molecule has 1 amide bonds. The van der Waals surface area contributed by atoms with Gasteiger partial charge in [0.15, 0.2) is 0 Å². The van der Waals surface area contributed by atoms with Crippen LogP contribution in [0.3, 0.4) is 0 Å². The molecule has 4 rings (SSSR count). The maximum Gasteiger partial charge on any atom is 0.225 e. The van der Waals surface area contributed by atoms with Crippen molar-refractivity contribution in [2.45, 2.75) is 51.1 Å². The number of nitrogens with one attached hydrogen (secondary N) is 1. The zero-order valence-electron chi connectivity index (χ0n) is 19.1. The molecule has 0 saturated carbocycles. The average Bonchev–Trinajstić information content (AvgIpc) is 3.16. The molecule has 4 aromatic rings. The molecule has 0 saturated heterocycles. The largest absolute Gasteiger partial charge is 0.341 e. The molecule has 6 heteroatoms. The highest BCUT2D eigenvalue weighted by Crippen LogP contribution is 2.31. The highest BCUT2D eigenvalue weighted by atomic mass is 32.2. The number of hydrogen-bond acceptors (Lipinski definition) is 4. The number of thioether (sulfide) groups is 1.